The van der Waals surface area contributed by atoms with Crippen molar-refractivity contribution in [2.75, 3.05) is 6.61 Å². The van der Waals surface area contributed by atoms with Crippen LogP contribution in [0.1, 0.15) is 13.3 Å². The van der Waals surface area contributed by atoms with E-state index < -0.39 is 5.92 Å². The molecule has 3 heteroatoms. The average Bonchev–Trinajstić information content (AvgIpc) is 2.39. The lowest BCUT2D eigenvalue weighted by Gasteiger charge is -2.22. The molecule has 2 aliphatic carbocycles. The fourth-order valence-corrected chi connectivity index (χ4v) is 2.05. The van der Waals surface area contributed by atoms with Crippen LogP contribution < -0.4 is 0 Å². The van der Waals surface area contributed by atoms with Gasteiger partial charge in [-0.3, -0.25) is 4.79 Å². The van der Waals surface area contributed by atoms with Gasteiger partial charge in [-0.1, -0.05) is 30.4 Å². The highest BCUT2D eigenvalue weighted by molar-refractivity contribution is 6.02. The summed E-state index contributed by atoms with van der Waals surface area (Å²) in [6, 6.07) is 0. The molecule has 0 radical (unpaired) electrons. The molecule has 0 N–H and O–H groups in total. The van der Waals surface area contributed by atoms with E-state index in [2.05, 4.69) is 0 Å². The first-order chi connectivity index (χ1) is 7.74. The molecule has 2 bridgehead atoms. The number of hydrogen-bond donors (Lipinski definition) is 0. The van der Waals surface area contributed by atoms with E-state index >= 15 is 0 Å². The Morgan fingerprint density at radius 3 is 2.94 bits per heavy atom. The molecule has 0 saturated carbocycles. The monoisotopic (exact) mass is 218 g/mol. The molecule has 2 rings (SSSR count). The van der Waals surface area contributed by atoms with E-state index in [9.17, 15) is 9.59 Å². The van der Waals surface area contributed by atoms with Crippen LogP contribution in [-0.4, -0.2) is 18.4 Å². The molecular formula is C13H14O3. The molecule has 0 aliphatic heterocycles. The minimum Gasteiger partial charge on any atom is -0.463 e. The van der Waals surface area contributed by atoms with Crippen LogP contribution in [0.3, 0.4) is 0 Å². The zero-order valence-corrected chi connectivity index (χ0v) is 9.18. The van der Waals surface area contributed by atoms with Crippen LogP contribution in [0.4, 0.5) is 0 Å². The Kier molecular flexibility index (Phi) is 3.04. The second kappa shape index (κ2) is 4.47. The van der Waals surface area contributed by atoms with Gasteiger partial charge in [-0.05, 0) is 13.3 Å². The molecule has 16 heavy (non-hydrogen) atoms. The summed E-state index contributed by atoms with van der Waals surface area (Å²) in [5, 5.41) is 0. The van der Waals surface area contributed by atoms with Gasteiger partial charge in [0, 0.05) is 11.5 Å². The van der Waals surface area contributed by atoms with Crippen LogP contribution in [0.25, 0.3) is 0 Å². The number of ether oxygens (including phenoxy) is 1. The average molecular weight is 218 g/mol. The van der Waals surface area contributed by atoms with Crippen LogP contribution in [-0.2, 0) is 14.3 Å². The lowest BCUT2D eigenvalue weighted by molar-refractivity contribution is -0.140. The SMILES string of the molecule is CCOC(=O)C1=CCC2C=CC=CC1C2=O. The second-order valence-electron chi connectivity index (χ2n) is 3.87. The Labute approximate surface area is 94.5 Å². The lowest BCUT2D eigenvalue weighted by Crippen LogP contribution is -2.29. The summed E-state index contributed by atoms with van der Waals surface area (Å²) in [6.45, 7) is 2.10. The zero-order valence-electron chi connectivity index (χ0n) is 9.18. The third kappa shape index (κ3) is 1.85. The highest BCUT2D eigenvalue weighted by Crippen LogP contribution is 2.30. The molecule has 0 amide bonds. The highest BCUT2D eigenvalue weighted by atomic mass is 16.5. The molecule has 2 aliphatic rings. The minimum atomic E-state index is -0.423. The molecule has 0 spiro atoms. The van der Waals surface area contributed by atoms with Crippen LogP contribution in [0.2, 0.25) is 0 Å². The van der Waals surface area contributed by atoms with Crippen molar-refractivity contribution in [3.05, 3.63) is 36.0 Å². The van der Waals surface area contributed by atoms with Gasteiger partial charge in [0.25, 0.3) is 0 Å². The van der Waals surface area contributed by atoms with Gasteiger partial charge in [-0.25, -0.2) is 4.79 Å². The van der Waals surface area contributed by atoms with E-state index in [1.54, 1.807) is 13.0 Å². The molecule has 3 nitrogen and oxygen atoms in total. The molecule has 0 aromatic heterocycles. The standard InChI is InChI=1S/C13H14O3/c1-2-16-13(15)11-8-7-9-5-3-4-6-10(11)12(9)14/h3-6,8-10H,2,7H2,1H3. The first-order valence-corrected chi connectivity index (χ1v) is 5.50. The fourth-order valence-electron chi connectivity index (χ4n) is 2.05. The largest absolute Gasteiger partial charge is 0.463 e. The van der Waals surface area contributed by atoms with Crippen LogP contribution in [0.15, 0.2) is 36.0 Å². The minimum absolute atomic E-state index is 0.0850. The summed E-state index contributed by atoms with van der Waals surface area (Å²) in [6.07, 6.45) is 9.76. The first kappa shape index (κ1) is 10.9. The van der Waals surface area contributed by atoms with Gasteiger partial charge in [0.1, 0.15) is 0 Å². The molecule has 84 valence electrons. The number of Topliss-reactive ketones (excluding diaryl/α,β-unsaturated/α-hetero) is 1. The number of fused-ring (bicyclic) bond motifs is 2. The van der Waals surface area contributed by atoms with Crippen LogP contribution in [0, 0.1) is 11.8 Å². The third-order valence-corrected chi connectivity index (χ3v) is 2.87. The van der Waals surface area contributed by atoms with Crippen LogP contribution in [0.5, 0.6) is 0 Å². The van der Waals surface area contributed by atoms with Gasteiger partial charge in [0.05, 0.1) is 12.5 Å². The molecule has 0 aromatic rings. The number of esters is 1. The predicted octanol–water partition coefficient (Wildman–Crippen LogP) is 1.81. The fraction of sp³-hybridized carbons (Fsp3) is 0.385. The van der Waals surface area contributed by atoms with E-state index in [0.29, 0.717) is 18.6 Å². The maximum atomic E-state index is 12.0. The highest BCUT2D eigenvalue weighted by Gasteiger charge is 2.34. The normalized spacial score (nSPS) is 27.3. The van der Waals surface area contributed by atoms with Gasteiger partial charge in [0.15, 0.2) is 5.78 Å². The predicted molar refractivity (Wildman–Crippen MR) is 59.6 cm³/mol. The number of ketones is 1. The molecule has 0 saturated heterocycles. The van der Waals surface area contributed by atoms with Crippen molar-refractivity contribution >= 4 is 11.8 Å². The van der Waals surface area contributed by atoms with Gasteiger partial charge in [0.2, 0.25) is 0 Å². The Morgan fingerprint density at radius 1 is 1.44 bits per heavy atom. The van der Waals surface area contributed by atoms with Crippen LogP contribution >= 0.6 is 0 Å². The summed E-state index contributed by atoms with van der Waals surface area (Å²) < 4.78 is 4.95. The number of allylic oxidation sites excluding steroid dienone is 5. The smallest absolute Gasteiger partial charge is 0.334 e. The number of carbonyl (C=O) groups excluding carboxylic acids is 2. The van der Waals surface area contributed by atoms with Gasteiger partial charge < -0.3 is 4.74 Å². The summed E-state index contributed by atoms with van der Waals surface area (Å²) in [5.74, 6) is -0.785. The van der Waals surface area contributed by atoms with E-state index in [-0.39, 0.29) is 17.7 Å². The van der Waals surface area contributed by atoms with Crippen molar-refractivity contribution in [3.8, 4) is 0 Å². The Hall–Kier alpha value is -1.64. The molecular weight excluding hydrogens is 204 g/mol. The van der Waals surface area contributed by atoms with E-state index in [1.165, 1.54) is 0 Å². The van der Waals surface area contributed by atoms with Gasteiger partial charge in [-0.15, -0.1) is 0 Å². The third-order valence-electron chi connectivity index (χ3n) is 2.87. The maximum absolute atomic E-state index is 12.0. The Balaban J connectivity index is 2.28. The van der Waals surface area contributed by atoms with Gasteiger partial charge >= 0.3 is 5.97 Å². The summed E-state index contributed by atoms with van der Waals surface area (Å²) >= 11 is 0. The Bertz CT molecular complexity index is 401. The van der Waals surface area contributed by atoms with Crippen molar-refractivity contribution in [2.45, 2.75) is 13.3 Å². The van der Waals surface area contributed by atoms with E-state index in [4.69, 9.17) is 4.74 Å². The van der Waals surface area contributed by atoms with E-state index in [0.717, 1.165) is 0 Å². The summed E-state index contributed by atoms with van der Waals surface area (Å²) in [7, 11) is 0. The number of carbonyl (C=O) groups is 2. The summed E-state index contributed by atoms with van der Waals surface area (Å²) in [5.41, 5.74) is 0.489. The topological polar surface area (TPSA) is 43.4 Å². The van der Waals surface area contributed by atoms with Crippen molar-refractivity contribution in [1.29, 1.82) is 0 Å². The van der Waals surface area contributed by atoms with Crippen molar-refractivity contribution < 1.29 is 14.3 Å². The summed E-state index contributed by atoms with van der Waals surface area (Å²) in [4.78, 5) is 23.7. The van der Waals surface area contributed by atoms with Gasteiger partial charge in [-0.2, -0.15) is 0 Å². The maximum Gasteiger partial charge on any atom is 0.334 e. The molecule has 0 aromatic carbocycles. The quantitative estimate of drug-likeness (QED) is 0.664. The zero-order chi connectivity index (χ0) is 11.5. The molecule has 0 fully saturated rings. The van der Waals surface area contributed by atoms with Crippen molar-refractivity contribution in [1.82, 2.24) is 0 Å². The van der Waals surface area contributed by atoms with E-state index in [1.807, 2.05) is 24.3 Å². The number of hydrogen-bond acceptors (Lipinski definition) is 3. The van der Waals surface area contributed by atoms with Crippen molar-refractivity contribution in [3.63, 3.8) is 0 Å². The molecule has 2 atom stereocenters. The second-order valence-corrected chi connectivity index (χ2v) is 3.87. The lowest BCUT2D eigenvalue weighted by atomic mass is 9.80. The first-order valence-electron chi connectivity index (χ1n) is 5.50. The number of rotatable bonds is 2. The van der Waals surface area contributed by atoms with Crippen molar-refractivity contribution in [2.24, 2.45) is 11.8 Å². The molecule has 2 unspecified atom stereocenters. The molecule has 0 heterocycles. The Morgan fingerprint density at radius 2 is 2.19 bits per heavy atom.